The maximum atomic E-state index is 12.1. The van der Waals surface area contributed by atoms with Crippen LogP contribution in [-0.2, 0) is 11.3 Å². The number of amides is 1. The average molecular weight is 298 g/mol. The van der Waals surface area contributed by atoms with Gasteiger partial charge < -0.3 is 15.4 Å². The molecule has 2 aromatic carbocycles. The van der Waals surface area contributed by atoms with Crippen molar-refractivity contribution in [1.29, 1.82) is 0 Å². The monoisotopic (exact) mass is 298 g/mol. The van der Waals surface area contributed by atoms with Crippen LogP contribution < -0.4 is 15.4 Å². The highest BCUT2D eigenvalue weighted by Gasteiger charge is 2.12. The minimum Gasteiger partial charge on any atom is -0.497 e. The topological polar surface area (TPSA) is 50.4 Å². The molecule has 0 fully saturated rings. The summed E-state index contributed by atoms with van der Waals surface area (Å²) < 4.78 is 5.12. The van der Waals surface area contributed by atoms with Gasteiger partial charge in [0.2, 0.25) is 5.91 Å². The zero-order valence-electron chi connectivity index (χ0n) is 13.2. The Hall–Kier alpha value is -2.33. The van der Waals surface area contributed by atoms with E-state index in [1.807, 2.05) is 62.4 Å². The number of benzene rings is 2. The summed E-state index contributed by atoms with van der Waals surface area (Å²) in [5, 5.41) is 6.12. The lowest BCUT2D eigenvalue weighted by atomic mass is 10.2. The molecule has 0 heterocycles. The van der Waals surface area contributed by atoms with Crippen molar-refractivity contribution in [3.63, 3.8) is 0 Å². The van der Waals surface area contributed by atoms with Gasteiger partial charge in [0.05, 0.1) is 13.2 Å². The number of rotatable bonds is 6. The first kappa shape index (κ1) is 16.0. The van der Waals surface area contributed by atoms with Crippen LogP contribution in [0.2, 0.25) is 0 Å². The van der Waals surface area contributed by atoms with Crippen molar-refractivity contribution >= 4 is 11.6 Å². The molecule has 0 aliphatic carbocycles. The van der Waals surface area contributed by atoms with E-state index in [9.17, 15) is 4.79 Å². The highest BCUT2D eigenvalue weighted by molar-refractivity contribution is 5.94. The van der Waals surface area contributed by atoms with Crippen LogP contribution in [0.3, 0.4) is 0 Å². The largest absolute Gasteiger partial charge is 0.497 e. The molecular formula is C18H22N2O2. The number of carbonyl (C=O) groups is 1. The fraction of sp³-hybridized carbons (Fsp3) is 0.278. The summed E-state index contributed by atoms with van der Waals surface area (Å²) in [6.07, 6.45) is 0. The van der Waals surface area contributed by atoms with Crippen molar-refractivity contribution in [2.75, 3.05) is 12.4 Å². The zero-order chi connectivity index (χ0) is 15.9. The lowest BCUT2D eigenvalue weighted by molar-refractivity contribution is -0.117. The number of methoxy groups -OCH3 is 1. The molecule has 0 aliphatic heterocycles. The second kappa shape index (κ2) is 7.61. The van der Waals surface area contributed by atoms with E-state index in [-0.39, 0.29) is 11.9 Å². The Morgan fingerprint density at radius 3 is 2.32 bits per heavy atom. The number of hydrogen-bond acceptors (Lipinski definition) is 3. The molecule has 2 aromatic rings. The minimum absolute atomic E-state index is 0.0441. The van der Waals surface area contributed by atoms with E-state index in [0.29, 0.717) is 6.54 Å². The number of hydrogen-bond donors (Lipinski definition) is 2. The van der Waals surface area contributed by atoms with Crippen molar-refractivity contribution in [3.8, 4) is 5.75 Å². The van der Waals surface area contributed by atoms with Crippen molar-refractivity contribution in [2.24, 2.45) is 0 Å². The summed E-state index contributed by atoms with van der Waals surface area (Å²) in [7, 11) is 1.64. The molecule has 0 saturated heterocycles. The molecule has 22 heavy (non-hydrogen) atoms. The number of carbonyl (C=O) groups excluding carboxylic acids is 1. The molecule has 0 radical (unpaired) electrons. The molecule has 1 amide bonds. The summed E-state index contributed by atoms with van der Waals surface area (Å²) in [5.74, 6) is 0.784. The van der Waals surface area contributed by atoms with Gasteiger partial charge >= 0.3 is 0 Å². The number of ether oxygens (including phenoxy) is 1. The molecule has 0 spiro atoms. The van der Waals surface area contributed by atoms with E-state index >= 15 is 0 Å². The molecule has 4 nitrogen and oxygen atoms in total. The number of nitrogens with one attached hydrogen (secondary N) is 2. The quantitative estimate of drug-likeness (QED) is 0.861. The fourth-order valence-electron chi connectivity index (χ4n) is 1.99. The van der Waals surface area contributed by atoms with Crippen LogP contribution in [0.4, 0.5) is 5.69 Å². The van der Waals surface area contributed by atoms with E-state index in [1.54, 1.807) is 7.11 Å². The van der Waals surface area contributed by atoms with Gasteiger partial charge in [-0.05, 0) is 43.7 Å². The van der Waals surface area contributed by atoms with Crippen molar-refractivity contribution in [3.05, 3.63) is 59.7 Å². The van der Waals surface area contributed by atoms with Gasteiger partial charge in [-0.2, -0.15) is 0 Å². The molecule has 1 atom stereocenters. The van der Waals surface area contributed by atoms with Crippen molar-refractivity contribution in [1.82, 2.24) is 5.32 Å². The Labute approximate surface area is 131 Å². The number of aryl methyl sites for hydroxylation is 1. The first-order chi connectivity index (χ1) is 10.6. The average Bonchev–Trinajstić information content (AvgIpc) is 2.55. The van der Waals surface area contributed by atoms with Gasteiger partial charge in [0.15, 0.2) is 0 Å². The molecule has 2 rings (SSSR count). The van der Waals surface area contributed by atoms with Gasteiger partial charge in [0.25, 0.3) is 0 Å². The first-order valence-electron chi connectivity index (χ1n) is 7.32. The van der Waals surface area contributed by atoms with E-state index < -0.39 is 0 Å². The van der Waals surface area contributed by atoms with Crippen LogP contribution in [0.15, 0.2) is 48.5 Å². The third-order valence-electron chi connectivity index (χ3n) is 3.48. The van der Waals surface area contributed by atoms with Gasteiger partial charge in [-0.25, -0.2) is 0 Å². The van der Waals surface area contributed by atoms with Gasteiger partial charge in [-0.15, -0.1) is 0 Å². The Morgan fingerprint density at radius 2 is 1.73 bits per heavy atom. The Kier molecular flexibility index (Phi) is 5.55. The molecule has 0 bridgehead atoms. The molecule has 0 aliphatic rings. The Morgan fingerprint density at radius 1 is 1.09 bits per heavy atom. The summed E-state index contributed by atoms with van der Waals surface area (Å²) in [6.45, 7) is 4.50. The Balaban J connectivity index is 1.84. The summed E-state index contributed by atoms with van der Waals surface area (Å²) in [6, 6.07) is 15.3. The van der Waals surface area contributed by atoms with Crippen LogP contribution in [0.25, 0.3) is 0 Å². The van der Waals surface area contributed by atoms with E-state index in [0.717, 1.165) is 17.0 Å². The van der Waals surface area contributed by atoms with Gasteiger partial charge in [-0.3, -0.25) is 4.79 Å². The number of anilines is 1. The van der Waals surface area contributed by atoms with E-state index in [4.69, 9.17) is 4.74 Å². The predicted molar refractivity (Wildman–Crippen MR) is 89.1 cm³/mol. The molecule has 116 valence electrons. The van der Waals surface area contributed by atoms with Crippen LogP contribution in [0.5, 0.6) is 5.75 Å². The fourth-order valence-corrected chi connectivity index (χ4v) is 1.99. The molecule has 4 heteroatoms. The van der Waals surface area contributed by atoms with Crippen LogP contribution in [0, 0.1) is 6.92 Å². The maximum Gasteiger partial charge on any atom is 0.241 e. The zero-order valence-corrected chi connectivity index (χ0v) is 13.2. The van der Waals surface area contributed by atoms with Gasteiger partial charge in [0.1, 0.15) is 5.75 Å². The van der Waals surface area contributed by atoms with E-state index in [1.165, 1.54) is 5.56 Å². The third kappa shape index (κ3) is 4.60. The second-order valence-corrected chi connectivity index (χ2v) is 5.31. The van der Waals surface area contributed by atoms with Crippen LogP contribution in [-0.4, -0.2) is 19.1 Å². The lowest BCUT2D eigenvalue weighted by Gasteiger charge is -2.14. The normalized spacial score (nSPS) is 11.8. The van der Waals surface area contributed by atoms with E-state index in [2.05, 4.69) is 10.6 Å². The second-order valence-electron chi connectivity index (χ2n) is 5.31. The molecule has 0 aromatic heterocycles. The van der Waals surface area contributed by atoms with Gasteiger partial charge in [0, 0.05) is 12.2 Å². The first-order valence-corrected chi connectivity index (χ1v) is 7.32. The van der Waals surface area contributed by atoms with Crippen LogP contribution >= 0.6 is 0 Å². The molecule has 1 unspecified atom stereocenters. The maximum absolute atomic E-state index is 12.1. The molecular weight excluding hydrogens is 276 g/mol. The SMILES string of the molecule is COc1ccc(CNC(C)C(=O)Nc2ccc(C)cc2)cc1. The van der Waals surface area contributed by atoms with Gasteiger partial charge in [-0.1, -0.05) is 29.8 Å². The third-order valence-corrected chi connectivity index (χ3v) is 3.48. The smallest absolute Gasteiger partial charge is 0.241 e. The minimum atomic E-state index is -0.275. The standard InChI is InChI=1S/C18H22N2O2/c1-13-4-8-16(9-5-13)20-18(21)14(2)19-12-15-6-10-17(22-3)11-7-15/h4-11,14,19H,12H2,1-3H3,(H,20,21). The predicted octanol–water partition coefficient (Wildman–Crippen LogP) is 3.12. The highest BCUT2D eigenvalue weighted by atomic mass is 16.5. The summed E-state index contributed by atoms with van der Waals surface area (Å²) in [4.78, 5) is 12.1. The summed E-state index contributed by atoms with van der Waals surface area (Å²) >= 11 is 0. The summed E-state index contributed by atoms with van der Waals surface area (Å²) in [5.41, 5.74) is 3.09. The highest BCUT2D eigenvalue weighted by Crippen LogP contribution is 2.12. The van der Waals surface area contributed by atoms with Crippen molar-refractivity contribution < 1.29 is 9.53 Å². The van der Waals surface area contributed by atoms with Crippen molar-refractivity contribution in [2.45, 2.75) is 26.4 Å². The molecule has 0 saturated carbocycles. The lowest BCUT2D eigenvalue weighted by Crippen LogP contribution is -2.37. The Bertz CT molecular complexity index is 606. The molecule has 2 N–H and O–H groups in total. The van der Waals surface area contributed by atoms with Crippen LogP contribution in [0.1, 0.15) is 18.1 Å².